The summed E-state index contributed by atoms with van der Waals surface area (Å²) in [5.41, 5.74) is 0. The molecule has 0 radical (unpaired) electrons. The molecule has 1 unspecified atom stereocenters. The predicted molar refractivity (Wildman–Crippen MR) is 29.0 cm³/mol. The Bertz CT molecular complexity index is 102. The molecule has 0 aliphatic heterocycles. The summed E-state index contributed by atoms with van der Waals surface area (Å²) in [5, 5.41) is 15.6. The summed E-state index contributed by atoms with van der Waals surface area (Å²) >= 11 is 0. The quantitative estimate of drug-likeness (QED) is 0.266. The molecule has 1 atom stereocenters. The number of nitriles is 1. The van der Waals surface area contributed by atoms with Crippen molar-refractivity contribution in [2.75, 3.05) is 6.61 Å². The number of hydrogen-bond acceptors (Lipinski definition) is 5. The first-order valence-corrected chi connectivity index (χ1v) is 3.24. The van der Waals surface area contributed by atoms with Crippen LogP contribution in [-0.4, -0.2) is 16.8 Å². The van der Waals surface area contributed by atoms with Crippen molar-refractivity contribution in [2.45, 2.75) is 6.42 Å². The molecule has 52 valence electrons. The maximum Gasteiger partial charge on any atom is 0.359 e. The van der Waals surface area contributed by atoms with Crippen molar-refractivity contribution >= 4 is 8.60 Å². The van der Waals surface area contributed by atoms with Crippen LogP contribution in [0.2, 0.25) is 0 Å². The highest BCUT2D eigenvalue weighted by Crippen LogP contribution is 2.30. The largest absolute Gasteiger partial charge is 0.359 e. The molecule has 0 aromatic rings. The summed E-state index contributed by atoms with van der Waals surface area (Å²) in [6.45, 7) is 0.0687. The van der Waals surface area contributed by atoms with Gasteiger partial charge in [-0.2, -0.15) is 9.94 Å². The Labute approximate surface area is 53.4 Å². The molecule has 0 aliphatic carbocycles. The molecule has 0 rings (SSSR count). The Morgan fingerprint density at radius 3 is 2.78 bits per heavy atom. The lowest BCUT2D eigenvalue weighted by Crippen LogP contribution is -1.88. The van der Waals surface area contributed by atoms with Gasteiger partial charge in [0.05, 0.1) is 19.1 Å². The van der Waals surface area contributed by atoms with Crippen molar-refractivity contribution in [3.8, 4) is 6.07 Å². The fourth-order valence-electron chi connectivity index (χ4n) is 0.193. The monoisotopic (exact) mass is 151 g/mol. The van der Waals surface area contributed by atoms with Gasteiger partial charge in [-0.3, -0.25) is 0 Å². The SMILES string of the molecule is N#CCCOP(O)OO. The van der Waals surface area contributed by atoms with E-state index in [1.165, 1.54) is 0 Å². The van der Waals surface area contributed by atoms with Crippen LogP contribution in [0, 0.1) is 11.3 Å². The molecule has 0 bridgehead atoms. The van der Waals surface area contributed by atoms with E-state index >= 15 is 0 Å². The highest BCUT2D eigenvalue weighted by atomic mass is 31.2. The van der Waals surface area contributed by atoms with Gasteiger partial charge in [0.15, 0.2) is 0 Å². The summed E-state index contributed by atoms with van der Waals surface area (Å²) in [4.78, 5) is 8.35. The Balaban J connectivity index is 2.99. The van der Waals surface area contributed by atoms with Gasteiger partial charge in [0.1, 0.15) is 0 Å². The van der Waals surface area contributed by atoms with Crippen LogP contribution in [0.4, 0.5) is 0 Å². The summed E-state index contributed by atoms with van der Waals surface area (Å²) in [6.07, 6.45) is 0.169. The summed E-state index contributed by atoms with van der Waals surface area (Å²) in [7, 11) is -2.19. The van der Waals surface area contributed by atoms with Gasteiger partial charge in [-0.05, 0) is 0 Å². The van der Waals surface area contributed by atoms with Gasteiger partial charge < -0.3 is 9.42 Å². The molecule has 5 nitrogen and oxygen atoms in total. The fourth-order valence-corrected chi connectivity index (χ4v) is 0.488. The molecule has 2 N–H and O–H groups in total. The van der Waals surface area contributed by atoms with Gasteiger partial charge in [0, 0.05) is 0 Å². The lowest BCUT2D eigenvalue weighted by Gasteiger charge is -2.01. The van der Waals surface area contributed by atoms with Crippen molar-refractivity contribution in [3.05, 3.63) is 0 Å². The second-order valence-electron chi connectivity index (χ2n) is 1.06. The molecule has 6 heteroatoms. The van der Waals surface area contributed by atoms with Crippen LogP contribution in [0.3, 0.4) is 0 Å². The molecule has 0 spiro atoms. The van der Waals surface area contributed by atoms with Gasteiger partial charge in [0.25, 0.3) is 0 Å². The molecule has 0 heterocycles. The predicted octanol–water partition coefficient (Wildman–Crippen LogP) is 0.625. The van der Waals surface area contributed by atoms with Crippen LogP contribution in [0.1, 0.15) is 6.42 Å². The molecule has 0 amide bonds. The number of nitrogens with zero attached hydrogens (tertiary/aromatic N) is 1. The molecular formula is C3H6NO4P. The molecule has 0 fully saturated rings. The van der Waals surface area contributed by atoms with E-state index in [0.29, 0.717) is 0 Å². The lowest BCUT2D eigenvalue weighted by atomic mass is 10.5. The molecule has 0 aliphatic rings. The van der Waals surface area contributed by atoms with Gasteiger partial charge in [-0.15, -0.1) is 0 Å². The zero-order valence-electron chi connectivity index (χ0n) is 4.52. The highest BCUT2D eigenvalue weighted by Gasteiger charge is 2.02. The summed E-state index contributed by atoms with van der Waals surface area (Å²) < 4.78 is 7.74. The normalized spacial score (nSPS) is 12.6. The van der Waals surface area contributed by atoms with Crippen LogP contribution >= 0.6 is 8.60 Å². The first kappa shape index (κ1) is 8.76. The smallest absolute Gasteiger partial charge is 0.326 e. The van der Waals surface area contributed by atoms with Crippen LogP contribution in [0.5, 0.6) is 0 Å². The van der Waals surface area contributed by atoms with Gasteiger partial charge >= 0.3 is 8.60 Å². The second-order valence-corrected chi connectivity index (χ2v) is 1.96. The van der Waals surface area contributed by atoms with E-state index < -0.39 is 8.60 Å². The minimum absolute atomic E-state index is 0.0687. The average Bonchev–Trinajstić information content (AvgIpc) is 1.89. The van der Waals surface area contributed by atoms with E-state index in [-0.39, 0.29) is 13.0 Å². The number of hydrogen-bond donors (Lipinski definition) is 2. The third kappa shape index (κ3) is 5.63. The maximum atomic E-state index is 8.35. The summed E-state index contributed by atoms with van der Waals surface area (Å²) in [5.74, 6) is 0. The van der Waals surface area contributed by atoms with E-state index in [9.17, 15) is 0 Å². The Kier molecular flexibility index (Phi) is 5.73. The van der Waals surface area contributed by atoms with Crippen molar-refractivity contribution in [1.29, 1.82) is 5.26 Å². The first-order chi connectivity index (χ1) is 4.31. The highest BCUT2D eigenvalue weighted by molar-refractivity contribution is 7.40. The fraction of sp³-hybridized carbons (Fsp3) is 0.667. The van der Waals surface area contributed by atoms with Crippen molar-refractivity contribution in [3.63, 3.8) is 0 Å². The van der Waals surface area contributed by atoms with E-state index in [2.05, 4.69) is 9.20 Å². The molecule has 0 saturated carbocycles. The zero-order valence-corrected chi connectivity index (χ0v) is 5.41. The van der Waals surface area contributed by atoms with Crippen LogP contribution in [0.25, 0.3) is 0 Å². The molecular weight excluding hydrogens is 145 g/mol. The Morgan fingerprint density at radius 2 is 2.33 bits per heavy atom. The summed E-state index contributed by atoms with van der Waals surface area (Å²) in [6, 6.07) is 1.78. The minimum Gasteiger partial charge on any atom is -0.326 e. The van der Waals surface area contributed by atoms with Crippen molar-refractivity contribution < 1.29 is 19.3 Å². The van der Waals surface area contributed by atoms with Crippen molar-refractivity contribution in [1.82, 2.24) is 0 Å². The van der Waals surface area contributed by atoms with E-state index in [1.54, 1.807) is 6.07 Å². The van der Waals surface area contributed by atoms with E-state index in [1.807, 2.05) is 0 Å². The standard InChI is InChI=1S/C3H6NO4P/c4-2-1-3-7-9(6)8-5/h5-6H,1,3H2. The maximum absolute atomic E-state index is 8.35. The van der Waals surface area contributed by atoms with E-state index in [4.69, 9.17) is 15.4 Å². The van der Waals surface area contributed by atoms with Crippen LogP contribution in [-0.2, 0) is 9.20 Å². The zero-order chi connectivity index (χ0) is 7.11. The van der Waals surface area contributed by atoms with Crippen LogP contribution in [0.15, 0.2) is 0 Å². The topological polar surface area (TPSA) is 82.7 Å². The second kappa shape index (κ2) is 5.89. The molecule has 0 aromatic heterocycles. The van der Waals surface area contributed by atoms with E-state index in [0.717, 1.165) is 0 Å². The average molecular weight is 151 g/mol. The van der Waals surface area contributed by atoms with Gasteiger partial charge in [-0.1, -0.05) is 0 Å². The number of rotatable bonds is 4. The van der Waals surface area contributed by atoms with Gasteiger partial charge in [-0.25, -0.2) is 5.26 Å². The first-order valence-electron chi connectivity index (χ1n) is 2.11. The Hall–Kier alpha value is -0.240. The minimum atomic E-state index is -2.19. The molecule has 0 saturated heterocycles. The third-order valence-corrected chi connectivity index (χ3v) is 1.03. The lowest BCUT2D eigenvalue weighted by molar-refractivity contribution is -0.149. The third-order valence-electron chi connectivity index (χ3n) is 0.485. The molecule has 9 heavy (non-hydrogen) atoms. The van der Waals surface area contributed by atoms with Crippen molar-refractivity contribution in [2.24, 2.45) is 0 Å². The van der Waals surface area contributed by atoms with Gasteiger partial charge in [0.2, 0.25) is 0 Å². The van der Waals surface area contributed by atoms with Crippen LogP contribution < -0.4 is 0 Å². The molecule has 0 aromatic carbocycles. The Morgan fingerprint density at radius 1 is 1.67 bits per heavy atom.